The maximum atomic E-state index is 11.8. The molecule has 5 heteroatoms. The summed E-state index contributed by atoms with van der Waals surface area (Å²) in [5.41, 5.74) is 2.57. The van der Waals surface area contributed by atoms with Gasteiger partial charge in [-0.15, -0.1) is 0 Å². The molecule has 1 unspecified atom stereocenters. The van der Waals surface area contributed by atoms with E-state index in [1.165, 1.54) is 12.5 Å². The van der Waals surface area contributed by atoms with E-state index in [-0.39, 0.29) is 5.76 Å². The zero-order valence-corrected chi connectivity index (χ0v) is 11.1. The Morgan fingerprint density at radius 1 is 1.30 bits per heavy atom. The van der Waals surface area contributed by atoms with Crippen LogP contribution in [0.5, 0.6) is 0 Å². The maximum absolute atomic E-state index is 11.8. The van der Waals surface area contributed by atoms with Gasteiger partial charge >= 0.3 is 5.76 Å². The van der Waals surface area contributed by atoms with Crippen LogP contribution in [0.25, 0.3) is 11.1 Å². The Morgan fingerprint density at radius 2 is 2.15 bits per heavy atom. The van der Waals surface area contributed by atoms with Crippen LogP contribution in [0.4, 0.5) is 0 Å². The quantitative estimate of drug-likeness (QED) is 0.793. The maximum Gasteiger partial charge on any atom is 0.419 e. The lowest BCUT2D eigenvalue weighted by Crippen LogP contribution is -2.13. The van der Waals surface area contributed by atoms with E-state index in [1.807, 2.05) is 6.92 Å². The number of rotatable bonds is 4. The predicted molar refractivity (Wildman–Crippen MR) is 73.5 cm³/mol. The Balaban J connectivity index is 2.06. The minimum absolute atomic E-state index is 0.364. The fourth-order valence-electron chi connectivity index (χ4n) is 2.31. The zero-order chi connectivity index (χ0) is 14.1. The number of hydrogen-bond donors (Lipinski definition) is 1. The molecule has 0 amide bonds. The third-order valence-corrected chi connectivity index (χ3v) is 3.31. The van der Waals surface area contributed by atoms with Crippen molar-refractivity contribution < 1.29 is 13.9 Å². The first-order chi connectivity index (χ1) is 9.70. The minimum Gasteiger partial charge on any atom is -0.472 e. The van der Waals surface area contributed by atoms with Crippen LogP contribution in [-0.4, -0.2) is 9.67 Å². The van der Waals surface area contributed by atoms with Crippen LogP contribution in [-0.2, 0) is 6.54 Å². The molecule has 0 bridgehead atoms. The molecule has 0 aliphatic rings. The van der Waals surface area contributed by atoms with Crippen LogP contribution in [0.15, 0.2) is 50.4 Å². The molecule has 0 aliphatic carbocycles. The summed E-state index contributed by atoms with van der Waals surface area (Å²) in [6.07, 6.45) is 3.06. The molecule has 0 fully saturated rings. The molecule has 0 saturated carbocycles. The van der Waals surface area contributed by atoms with E-state index in [1.54, 1.807) is 28.8 Å². The summed E-state index contributed by atoms with van der Waals surface area (Å²) in [6.45, 7) is 2.62. The smallest absolute Gasteiger partial charge is 0.419 e. The lowest BCUT2D eigenvalue weighted by molar-refractivity contribution is 0.219. The highest BCUT2D eigenvalue weighted by atomic mass is 16.4. The highest BCUT2D eigenvalue weighted by molar-refractivity contribution is 5.74. The first-order valence-electron chi connectivity index (χ1n) is 6.54. The van der Waals surface area contributed by atoms with Crippen molar-refractivity contribution in [2.24, 2.45) is 0 Å². The van der Waals surface area contributed by atoms with Crippen molar-refractivity contribution in [3.63, 3.8) is 0 Å². The molecule has 5 nitrogen and oxygen atoms in total. The Bertz CT molecular complexity index is 767. The van der Waals surface area contributed by atoms with Crippen LogP contribution >= 0.6 is 0 Å². The van der Waals surface area contributed by atoms with Crippen molar-refractivity contribution in [3.05, 3.63) is 58.5 Å². The molecule has 2 aromatic heterocycles. The molecule has 1 atom stereocenters. The van der Waals surface area contributed by atoms with E-state index in [2.05, 4.69) is 0 Å². The Kier molecular flexibility index (Phi) is 3.20. The molecule has 1 N–H and O–H groups in total. The van der Waals surface area contributed by atoms with Gasteiger partial charge in [-0.2, -0.15) is 0 Å². The predicted octanol–water partition coefficient (Wildman–Crippen LogP) is 2.68. The van der Waals surface area contributed by atoms with Gasteiger partial charge in [-0.05, 0) is 30.2 Å². The molecular formula is C15H15NO4. The van der Waals surface area contributed by atoms with Gasteiger partial charge < -0.3 is 13.9 Å². The van der Waals surface area contributed by atoms with E-state index in [4.69, 9.17) is 8.83 Å². The number of aryl methyl sites for hydroxylation is 1. The molecule has 0 saturated heterocycles. The molecule has 3 rings (SSSR count). The van der Waals surface area contributed by atoms with Gasteiger partial charge in [0.1, 0.15) is 6.10 Å². The lowest BCUT2D eigenvalue weighted by atomic mass is 10.0. The standard InChI is InChI=1S/C15H15NO4/c1-2-6-16-12-4-3-10(8-13(12)20-15(16)18)14(17)11-5-7-19-9-11/h3-5,7-9,14,17H,2,6H2,1H3. The van der Waals surface area contributed by atoms with Gasteiger partial charge in [0, 0.05) is 12.1 Å². The number of fused-ring (bicyclic) bond motifs is 1. The molecule has 20 heavy (non-hydrogen) atoms. The minimum atomic E-state index is -0.794. The molecule has 0 radical (unpaired) electrons. The second-order valence-corrected chi connectivity index (χ2v) is 4.71. The van der Waals surface area contributed by atoms with Crippen LogP contribution in [0.3, 0.4) is 0 Å². The van der Waals surface area contributed by atoms with Crippen LogP contribution in [0.1, 0.15) is 30.6 Å². The number of benzene rings is 1. The summed E-state index contributed by atoms with van der Waals surface area (Å²) in [6, 6.07) is 6.99. The van der Waals surface area contributed by atoms with Crippen molar-refractivity contribution in [3.8, 4) is 0 Å². The van der Waals surface area contributed by atoms with Crippen LogP contribution in [0.2, 0.25) is 0 Å². The summed E-state index contributed by atoms with van der Waals surface area (Å²) < 4.78 is 11.8. The van der Waals surface area contributed by atoms with E-state index < -0.39 is 6.10 Å². The molecular weight excluding hydrogens is 258 g/mol. The number of aromatic nitrogens is 1. The average molecular weight is 273 g/mol. The van der Waals surface area contributed by atoms with Gasteiger partial charge in [-0.3, -0.25) is 4.57 Å². The number of aliphatic hydroxyl groups excluding tert-OH is 1. The molecule has 0 aliphatic heterocycles. The van der Waals surface area contributed by atoms with Crippen molar-refractivity contribution >= 4 is 11.1 Å². The van der Waals surface area contributed by atoms with Crippen LogP contribution < -0.4 is 5.76 Å². The Morgan fingerprint density at radius 3 is 2.85 bits per heavy atom. The zero-order valence-electron chi connectivity index (χ0n) is 11.1. The molecule has 3 aromatic rings. The fourth-order valence-corrected chi connectivity index (χ4v) is 2.31. The summed E-state index contributed by atoms with van der Waals surface area (Å²) in [5.74, 6) is -0.364. The molecule has 0 spiro atoms. The van der Waals surface area contributed by atoms with Crippen molar-refractivity contribution in [2.75, 3.05) is 0 Å². The van der Waals surface area contributed by atoms with E-state index in [0.717, 1.165) is 11.9 Å². The van der Waals surface area contributed by atoms with Crippen molar-refractivity contribution in [1.29, 1.82) is 0 Å². The largest absolute Gasteiger partial charge is 0.472 e. The topological polar surface area (TPSA) is 68.5 Å². The van der Waals surface area contributed by atoms with E-state index in [9.17, 15) is 9.90 Å². The second kappa shape index (κ2) is 5.02. The lowest BCUT2D eigenvalue weighted by Gasteiger charge is -2.08. The van der Waals surface area contributed by atoms with Gasteiger partial charge in [0.25, 0.3) is 0 Å². The molecule has 104 valence electrons. The summed E-state index contributed by atoms with van der Waals surface area (Å²) in [4.78, 5) is 11.8. The first kappa shape index (κ1) is 12.7. The van der Waals surface area contributed by atoms with Crippen molar-refractivity contribution in [2.45, 2.75) is 26.0 Å². The number of aliphatic hydroxyl groups is 1. The van der Waals surface area contributed by atoms with Gasteiger partial charge in [-0.25, -0.2) is 4.79 Å². The van der Waals surface area contributed by atoms with Gasteiger partial charge in [0.2, 0.25) is 0 Å². The van der Waals surface area contributed by atoms with Gasteiger partial charge in [0.05, 0.1) is 18.0 Å². The number of nitrogens with zero attached hydrogens (tertiary/aromatic N) is 1. The Hall–Kier alpha value is -2.27. The van der Waals surface area contributed by atoms with E-state index >= 15 is 0 Å². The number of hydrogen-bond acceptors (Lipinski definition) is 4. The third kappa shape index (κ3) is 2.06. The second-order valence-electron chi connectivity index (χ2n) is 4.71. The average Bonchev–Trinajstić information content (AvgIpc) is 3.07. The highest BCUT2D eigenvalue weighted by Crippen LogP contribution is 2.25. The summed E-state index contributed by atoms with van der Waals surface area (Å²) in [5, 5.41) is 10.2. The highest BCUT2D eigenvalue weighted by Gasteiger charge is 2.15. The number of oxazole rings is 1. The van der Waals surface area contributed by atoms with E-state index in [0.29, 0.717) is 23.3 Å². The SMILES string of the molecule is CCCn1c(=O)oc2cc(C(O)c3ccoc3)ccc21. The number of furan rings is 1. The van der Waals surface area contributed by atoms with Gasteiger partial charge in [-0.1, -0.05) is 13.0 Å². The molecule has 1 aromatic carbocycles. The summed E-state index contributed by atoms with van der Waals surface area (Å²) >= 11 is 0. The third-order valence-electron chi connectivity index (χ3n) is 3.31. The first-order valence-corrected chi connectivity index (χ1v) is 6.54. The fraction of sp³-hybridized carbons (Fsp3) is 0.267. The van der Waals surface area contributed by atoms with Gasteiger partial charge in [0.15, 0.2) is 5.58 Å². The Labute approximate surface area is 115 Å². The van der Waals surface area contributed by atoms with Crippen molar-refractivity contribution in [1.82, 2.24) is 4.57 Å². The molecule has 2 heterocycles. The summed E-state index contributed by atoms with van der Waals surface area (Å²) in [7, 11) is 0. The van der Waals surface area contributed by atoms with Crippen LogP contribution in [0, 0.1) is 0 Å². The normalized spacial score (nSPS) is 12.9. The monoisotopic (exact) mass is 273 g/mol.